The normalized spacial score (nSPS) is 10.2. The standard InChI is InChI=1S/C26H26BrN3O4S/c1-2-3-15-33-23-14-11-20(27)16-22(23)25(32)28-26(35)30-29-24(31)17-34-21-12-9-19(10-13-21)18-7-5-4-6-8-18/h4-14,16H,2-3,15,17H2,1H3,(H,29,31)(H2,28,30,32,35). The monoisotopic (exact) mass is 555 g/mol. The first-order valence-electron chi connectivity index (χ1n) is 11.1. The Labute approximate surface area is 218 Å². The molecule has 0 aliphatic rings. The first-order chi connectivity index (χ1) is 17.0. The molecule has 0 aliphatic heterocycles. The Balaban J connectivity index is 1.44. The van der Waals surface area contributed by atoms with Crippen LogP contribution >= 0.6 is 28.1 Å². The van der Waals surface area contributed by atoms with Crippen molar-refractivity contribution in [3.63, 3.8) is 0 Å². The number of unbranched alkanes of at least 4 members (excludes halogenated alkanes) is 1. The third-order valence-corrected chi connectivity index (χ3v) is 5.51. The maximum absolute atomic E-state index is 12.7. The van der Waals surface area contributed by atoms with Crippen molar-refractivity contribution in [2.45, 2.75) is 19.8 Å². The van der Waals surface area contributed by atoms with E-state index in [1.807, 2.05) is 42.5 Å². The van der Waals surface area contributed by atoms with Crippen LogP contribution in [0.5, 0.6) is 11.5 Å². The van der Waals surface area contributed by atoms with Gasteiger partial charge in [-0.25, -0.2) is 0 Å². The lowest BCUT2D eigenvalue weighted by molar-refractivity contribution is -0.123. The summed E-state index contributed by atoms with van der Waals surface area (Å²) >= 11 is 8.48. The molecule has 0 radical (unpaired) electrons. The Hall–Kier alpha value is -3.43. The number of halogens is 1. The molecule has 3 aromatic rings. The molecule has 3 aromatic carbocycles. The van der Waals surface area contributed by atoms with E-state index in [9.17, 15) is 9.59 Å². The molecule has 0 fully saturated rings. The van der Waals surface area contributed by atoms with Gasteiger partial charge in [-0.3, -0.25) is 25.8 Å². The molecular weight excluding hydrogens is 530 g/mol. The predicted molar refractivity (Wildman–Crippen MR) is 143 cm³/mol. The summed E-state index contributed by atoms with van der Waals surface area (Å²) < 4.78 is 11.9. The smallest absolute Gasteiger partial charge is 0.276 e. The van der Waals surface area contributed by atoms with Gasteiger partial charge in [-0.1, -0.05) is 71.7 Å². The lowest BCUT2D eigenvalue weighted by atomic mass is 10.1. The SMILES string of the molecule is CCCCOc1ccc(Br)cc1C(=O)NC(=S)NNC(=O)COc1ccc(-c2ccccc2)cc1. The quantitative estimate of drug-likeness (QED) is 0.195. The Kier molecular flexibility index (Phi) is 10.1. The van der Waals surface area contributed by atoms with E-state index < -0.39 is 11.8 Å². The van der Waals surface area contributed by atoms with Gasteiger partial charge in [-0.05, 0) is 60.1 Å². The molecule has 0 atom stereocenters. The minimum atomic E-state index is -0.459. The molecule has 2 amide bonds. The van der Waals surface area contributed by atoms with Gasteiger partial charge < -0.3 is 9.47 Å². The van der Waals surface area contributed by atoms with Gasteiger partial charge in [-0.2, -0.15) is 0 Å². The van der Waals surface area contributed by atoms with E-state index in [1.165, 1.54) is 0 Å². The summed E-state index contributed by atoms with van der Waals surface area (Å²) in [5.74, 6) is 0.0951. The number of ether oxygens (including phenoxy) is 2. The number of amides is 2. The number of hydrogen-bond donors (Lipinski definition) is 3. The molecule has 9 heteroatoms. The number of thiocarbonyl (C=S) groups is 1. The second-order valence-corrected chi connectivity index (χ2v) is 8.80. The second-order valence-electron chi connectivity index (χ2n) is 7.48. The summed E-state index contributed by atoms with van der Waals surface area (Å²) in [6, 6.07) is 22.6. The fourth-order valence-electron chi connectivity index (χ4n) is 3.02. The fraction of sp³-hybridized carbons (Fsp3) is 0.192. The Morgan fingerprint density at radius 1 is 0.914 bits per heavy atom. The van der Waals surface area contributed by atoms with Crippen molar-refractivity contribution in [2.24, 2.45) is 0 Å². The predicted octanol–water partition coefficient (Wildman–Crippen LogP) is 5.01. The average Bonchev–Trinajstić information content (AvgIpc) is 2.88. The Bertz CT molecular complexity index is 1160. The minimum Gasteiger partial charge on any atom is -0.493 e. The number of benzene rings is 3. The van der Waals surface area contributed by atoms with Gasteiger partial charge in [-0.15, -0.1) is 0 Å². The van der Waals surface area contributed by atoms with Crippen molar-refractivity contribution in [1.29, 1.82) is 0 Å². The highest BCUT2D eigenvalue weighted by Gasteiger charge is 2.15. The molecule has 0 unspecified atom stereocenters. The molecule has 0 heterocycles. The molecule has 0 aliphatic carbocycles. The van der Waals surface area contributed by atoms with Crippen LogP contribution in [0.15, 0.2) is 77.3 Å². The summed E-state index contributed by atoms with van der Waals surface area (Å²) in [5, 5.41) is 2.47. The Morgan fingerprint density at radius 3 is 2.34 bits per heavy atom. The number of nitrogens with one attached hydrogen (secondary N) is 3. The maximum atomic E-state index is 12.7. The van der Waals surface area contributed by atoms with Gasteiger partial charge in [0.05, 0.1) is 12.2 Å². The molecule has 7 nitrogen and oxygen atoms in total. The number of rotatable bonds is 9. The molecule has 0 spiro atoms. The zero-order chi connectivity index (χ0) is 25.0. The van der Waals surface area contributed by atoms with Gasteiger partial charge in [0.2, 0.25) is 0 Å². The first kappa shape index (κ1) is 26.2. The van der Waals surface area contributed by atoms with Crippen LogP contribution in [0.1, 0.15) is 30.1 Å². The third-order valence-electron chi connectivity index (χ3n) is 4.82. The lowest BCUT2D eigenvalue weighted by Crippen LogP contribution is -2.49. The number of hydrogen-bond acceptors (Lipinski definition) is 5. The van der Waals surface area contributed by atoms with Gasteiger partial charge >= 0.3 is 0 Å². The zero-order valence-corrected chi connectivity index (χ0v) is 21.6. The molecule has 0 bridgehead atoms. The van der Waals surface area contributed by atoms with Crippen LogP contribution in [-0.4, -0.2) is 30.1 Å². The summed E-state index contributed by atoms with van der Waals surface area (Å²) in [5.41, 5.74) is 7.38. The average molecular weight is 556 g/mol. The highest BCUT2D eigenvalue weighted by molar-refractivity contribution is 9.10. The van der Waals surface area contributed by atoms with E-state index in [4.69, 9.17) is 21.7 Å². The van der Waals surface area contributed by atoms with Crippen molar-refractivity contribution in [2.75, 3.05) is 13.2 Å². The van der Waals surface area contributed by atoms with E-state index in [1.54, 1.807) is 30.3 Å². The fourth-order valence-corrected chi connectivity index (χ4v) is 3.52. The van der Waals surface area contributed by atoms with Gasteiger partial charge in [0, 0.05) is 4.47 Å². The van der Waals surface area contributed by atoms with Crippen LogP contribution in [0.25, 0.3) is 11.1 Å². The van der Waals surface area contributed by atoms with Crippen LogP contribution < -0.4 is 25.6 Å². The van der Waals surface area contributed by atoms with E-state index >= 15 is 0 Å². The second kappa shape index (κ2) is 13.5. The highest BCUT2D eigenvalue weighted by atomic mass is 79.9. The molecule has 35 heavy (non-hydrogen) atoms. The van der Waals surface area contributed by atoms with Gasteiger partial charge in [0.1, 0.15) is 11.5 Å². The third kappa shape index (κ3) is 8.38. The summed E-state index contributed by atoms with van der Waals surface area (Å²) in [4.78, 5) is 24.8. The Morgan fingerprint density at radius 2 is 1.63 bits per heavy atom. The molecule has 3 rings (SSSR count). The van der Waals surface area contributed by atoms with E-state index in [-0.39, 0.29) is 11.7 Å². The number of hydrazine groups is 1. The largest absolute Gasteiger partial charge is 0.493 e. The van der Waals surface area contributed by atoms with Gasteiger partial charge in [0.25, 0.3) is 11.8 Å². The maximum Gasteiger partial charge on any atom is 0.276 e. The summed E-state index contributed by atoms with van der Waals surface area (Å²) in [6.45, 7) is 2.34. The van der Waals surface area contributed by atoms with Crippen LogP contribution in [0.3, 0.4) is 0 Å². The lowest BCUT2D eigenvalue weighted by Gasteiger charge is -2.14. The molecule has 0 aromatic heterocycles. The van der Waals surface area contributed by atoms with Crippen molar-refractivity contribution in [1.82, 2.24) is 16.2 Å². The number of carbonyl (C=O) groups excluding carboxylic acids is 2. The molecule has 0 saturated carbocycles. The molecule has 0 saturated heterocycles. The topological polar surface area (TPSA) is 88.7 Å². The van der Waals surface area contributed by atoms with Crippen LogP contribution in [-0.2, 0) is 4.79 Å². The van der Waals surface area contributed by atoms with Crippen molar-refractivity contribution < 1.29 is 19.1 Å². The first-order valence-corrected chi connectivity index (χ1v) is 12.3. The molecule has 182 valence electrons. The zero-order valence-electron chi connectivity index (χ0n) is 19.2. The van der Waals surface area contributed by atoms with Crippen molar-refractivity contribution in [3.05, 3.63) is 82.8 Å². The van der Waals surface area contributed by atoms with Crippen LogP contribution in [0, 0.1) is 0 Å². The van der Waals surface area contributed by atoms with E-state index in [2.05, 4.69) is 39.0 Å². The van der Waals surface area contributed by atoms with Crippen molar-refractivity contribution >= 4 is 45.1 Å². The van der Waals surface area contributed by atoms with E-state index in [0.717, 1.165) is 28.4 Å². The summed E-state index contributed by atoms with van der Waals surface area (Å²) in [6.07, 6.45) is 1.86. The van der Waals surface area contributed by atoms with Crippen LogP contribution in [0.4, 0.5) is 0 Å². The van der Waals surface area contributed by atoms with Crippen LogP contribution in [0.2, 0.25) is 0 Å². The van der Waals surface area contributed by atoms with E-state index in [0.29, 0.717) is 23.7 Å². The summed E-state index contributed by atoms with van der Waals surface area (Å²) in [7, 11) is 0. The number of carbonyl (C=O) groups is 2. The molecule has 3 N–H and O–H groups in total. The van der Waals surface area contributed by atoms with Gasteiger partial charge in [0.15, 0.2) is 11.7 Å². The minimum absolute atomic E-state index is 0.0601. The molecular formula is C26H26BrN3O4S. The highest BCUT2D eigenvalue weighted by Crippen LogP contribution is 2.24. The van der Waals surface area contributed by atoms with Crippen molar-refractivity contribution in [3.8, 4) is 22.6 Å².